The van der Waals surface area contributed by atoms with Gasteiger partial charge in [-0.3, -0.25) is 0 Å². The molecule has 0 aliphatic rings. The molecule has 0 saturated heterocycles. The second-order valence-corrected chi connectivity index (χ2v) is 10.2. The van der Waals surface area contributed by atoms with Gasteiger partial charge in [-0.25, -0.2) is 12.8 Å². The maximum absolute atomic E-state index is 14.2. The Bertz CT molecular complexity index is 1060. The van der Waals surface area contributed by atoms with Crippen molar-refractivity contribution in [3.05, 3.63) is 57.7 Å². The van der Waals surface area contributed by atoms with Crippen molar-refractivity contribution in [3.63, 3.8) is 0 Å². The summed E-state index contributed by atoms with van der Waals surface area (Å²) in [6.45, 7) is 2.01. The molecule has 24 heavy (non-hydrogen) atoms. The molecule has 3 rings (SSSR count). The van der Waals surface area contributed by atoms with Crippen LogP contribution in [0.25, 0.3) is 21.6 Å². The lowest BCUT2D eigenvalue weighted by molar-refractivity contribution is 0.571. The highest BCUT2D eigenvalue weighted by molar-refractivity contribution is 7.90. The Morgan fingerprint density at radius 2 is 1.62 bits per heavy atom. The zero-order chi connectivity index (χ0) is 17.5. The summed E-state index contributed by atoms with van der Waals surface area (Å²) in [6, 6.07) is 12.2. The average Bonchev–Trinajstić information content (AvgIpc) is 2.88. The minimum absolute atomic E-state index is 0.290. The van der Waals surface area contributed by atoms with E-state index in [9.17, 15) is 12.8 Å². The van der Waals surface area contributed by atoms with Crippen LogP contribution >= 0.6 is 32.9 Å². The molecule has 0 spiro atoms. The second kappa shape index (κ2) is 6.48. The molecular weight excluding hydrogens is 383 g/mol. The standard InChI is InChI=1S/C17H13FO2S4/c1-10-3-5-11(6-4-10)15-16(22-23-17(15)21)12-7-8-14(13(18)9-12)24(2,19)20/h3-9H,1-2H3. The highest BCUT2D eigenvalue weighted by Crippen LogP contribution is 2.41. The van der Waals surface area contributed by atoms with Crippen molar-refractivity contribution in [2.24, 2.45) is 0 Å². The SMILES string of the molecule is Cc1ccc(-c2c(-c3ccc(S(C)(=O)=O)c(F)c3)ssc2=S)cc1. The van der Waals surface area contributed by atoms with Gasteiger partial charge in [0.1, 0.15) is 14.5 Å². The Kier molecular flexibility index (Phi) is 4.70. The van der Waals surface area contributed by atoms with Crippen LogP contribution in [0.2, 0.25) is 0 Å². The van der Waals surface area contributed by atoms with Gasteiger partial charge in [-0.15, -0.1) is 0 Å². The topological polar surface area (TPSA) is 34.1 Å². The zero-order valence-electron chi connectivity index (χ0n) is 12.9. The first-order chi connectivity index (χ1) is 11.3. The summed E-state index contributed by atoms with van der Waals surface area (Å²) in [5.41, 5.74) is 3.65. The minimum atomic E-state index is -3.58. The Morgan fingerprint density at radius 1 is 1.00 bits per heavy atom. The van der Waals surface area contributed by atoms with Gasteiger partial charge in [-0.05, 0) is 30.2 Å². The van der Waals surface area contributed by atoms with Crippen LogP contribution in [0.1, 0.15) is 5.56 Å². The number of aryl methyl sites for hydroxylation is 1. The first-order valence-corrected chi connectivity index (χ1v) is 11.4. The number of sulfone groups is 1. The van der Waals surface area contributed by atoms with Gasteiger partial charge in [0, 0.05) is 11.8 Å². The summed E-state index contributed by atoms with van der Waals surface area (Å²) < 4.78 is 38.1. The number of hydrogen-bond donors (Lipinski definition) is 0. The molecule has 0 amide bonds. The average molecular weight is 397 g/mol. The van der Waals surface area contributed by atoms with E-state index in [2.05, 4.69) is 0 Å². The largest absolute Gasteiger partial charge is 0.224 e. The summed E-state index contributed by atoms with van der Waals surface area (Å²) in [6.07, 6.45) is 0.997. The maximum Gasteiger partial charge on any atom is 0.178 e. The summed E-state index contributed by atoms with van der Waals surface area (Å²) >= 11 is 5.44. The van der Waals surface area contributed by atoms with Gasteiger partial charge in [0.2, 0.25) is 0 Å². The molecule has 1 aromatic heterocycles. The van der Waals surface area contributed by atoms with Crippen LogP contribution in [0, 0.1) is 16.6 Å². The molecule has 0 aliphatic carbocycles. The maximum atomic E-state index is 14.2. The summed E-state index contributed by atoms with van der Waals surface area (Å²) in [5, 5.41) is 0. The molecule has 1 heterocycles. The monoisotopic (exact) mass is 396 g/mol. The number of rotatable bonds is 3. The van der Waals surface area contributed by atoms with E-state index in [0.717, 1.165) is 31.6 Å². The molecule has 0 fully saturated rings. The molecule has 7 heteroatoms. The van der Waals surface area contributed by atoms with E-state index < -0.39 is 15.7 Å². The second-order valence-electron chi connectivity index (χ2n) is 5.44. The van der Waals surface area contributed by atoms with E-state index in [4.69, 9.17) is 12.2 Å². The lowest BCUT2D eigenvalue weighted by Crippen LogP contribution is -2.00. The molecular formula is C17H13FO2S4. The molecule has 0 radical (unpaired) electrons. The Labute approximate surface area is 152 Å². The third-order valence-electron chi connectivity index (χ3n) is 3.57. The first kappa shape index (κ1) is 17.4. The predicted molar refractivity (Wildman–Crippen MR) is 102 cm³/mol. The third-order valence-corrected chi connectivity index (χ3v) is 7.76. The van der Waals surface area contributed by atoms with Gasteiger partial charge in [-0.1, -0.05) is 68.8 Å². The van der Waals surface area contributed by atoms with Gasteiger partial charge in [0.25, 0.3) is 0 Å². The van der Waals surface area contributed by atoms with E-state index in [0.29, 0.717) is 5.56 Å². The van der Waals surface area contributed by atoms with Crippen LogP contribution in [0.3, 0.4) is 0 Å². The van der Waals surface area contributed by atoms with Gasteiger partial charge >= 0.3 is 0 Å². The first-order valence-electron chi connectivity index (χ1n) is 6.97. The normalized spacial score (nSPS) is 11.6. The van der Waals surface area contributed by atoms with Gasteiger partial charge in [0.15, 0.2) is 9.84 Å². The fraction of sp³-hybridized carbons (Fsp3) is 0.118. The summed E-state index contributed by atoms with van der Waals surface area (Å²) in [5.74, 6) is -0.742. The fourth-order valence-electron chi connectivity index (χ4n) is 2.36. The third kappa shape index (κ3) is 3.35. The molecule has 124 valence electrons. The summed E-state index contributed by atoms with van der Waals surface area (Å²) in [7, 11) is -0.656. The predicted octanol–water partition coefficient (Wildman–Crippen LogP) is 5.72. The fourth-order valence-corrected chi connectivity index (χ4v) is 6.00. The molecule has 0 saturated carbocycles. The van der Waals surface area contributed by atoms with Crippen molar-refractivity contribution in [1.82, 2.24) is 0 Å². The Balaban J connectivity index is 2.17. The molecule has 0 bridgehead atoms. The van der Waals surface area contributed by atoms with Crippen molar-refractivity contribution < 1.29 is 12.8 Å². The molecule has 0 N–H and O–H groups in total. The highest BCUT2D eigenvalue weighted by Gasteiger charge is 2.18. The van der Waals surface area contributed by atoms with Crippen molar-refractivity contribution in [2.75, 3.05) is 6.26 Å². The molecule has 3 aromatic rings. The number of hydrogen-bond acceptors (Lipinski definition) is 5. The summed E-state index contributed by atoms with van der Waals surface area (Å²) in [4.78, 5) is 0.565. The van der Waals surface area contributed by atoms with E-state index in [1.807, 2.05) is 31.2 Å². The van der Waals surface area contributed by atoms with Crippen LogP contribution in [-0.2, 0) is 9.84 Å². The van der Waals surface area contributed by atoms with Crippen LogP contribution < -0.4 is 0 Å². The lowest BCUT2D eigenvalue weighted by atomic mass is 10.0. The van der Waals surface area contributed by atoms with E-state index in [-0.39, 0.29) is 4.90 Å². The molecule has 0 unspecified atom stereocenters. The van der Waals surface area contributed by atoms with Gasteiger partial charge in [-0.2, -0.15) is 0 Å². The van der Waals surface area contributed by atoms with E-state index >= 15 is 0 Å². The molecule has 2 aromatic carbocycles. The van der Waals surface area contributed by atoms with Gasteiger partial charge in [0.05, 0.1) is 4.88 Å². The smallest absolute Gasteiger partial charge is 0.178 e. The Morgan fingerprint density at radius 3 is 2.21 bits per heavy atom. The van der Waals surface area contributed by atoms with Crippen molar-refractivity contribution in [1.29, 1.82) is 0 Å². The molecule has 0 aliphatic heterocycles. The molecule has 2 nitrogen and oxygen atoms in total. The van der Waals surface area contributed by atoms with Crippen molar-refractivity contribution >= 4 is 42.7 Å². The number of halogens is 1. The zero-order valence-corrected chi connectivity index (χ0v) is 16.1. The lowest BCUT2D eigenvalue weighted by Gasteiger charge is -2.07. The van der Waals surface area contributed by atoms with Crippen LogP contribution in [0.15, 0.2) is 47.4 Å². The number of benzene rings is 2. The van der Waals surface area contributed by atoms with Crippen molar-refractivity contribution in [2.45, 2.75) is 11.8 Å². The molecule has 0 atom stereocenters. The Hall–Kier alpha value is -1.41. The van der Waals surface area contributed by atoms with E-state index in [1.54, 1.807) is 6.07 Å². The van der Waals surface area contributed by atoms with E-state index in [1.165, 1.54) is 32.8 Å². The van der Waals surface area contributed by atoms with Crippen LogP contribution in [-0.4, -0.2) is 14.7 Å². The minimum Gasteiger partial charge on any atom is -0.224 e. The van der Waals surface area contributed by atoms with Crippen LogP contribution in [0.5, 0.6) is 0 Å². The van der Waals surface area contributed by atoms with Crippen LogP contribution in [0.4, 0.5) is 4.39 Å². The van der Waals surface area contributed by atoms with Gasteiger partial charge < -0.3 is 0 Å². The highest BCUT2D eigenvalue weighted by atomic mass is 32.9. The quantitative estimate of drug-likeness (QED) is 0.419. The van der Waals surface area contributed by atoms with Crippen molar-refractivity contribution in [3.8, 4) is 21.6 Å².